The largest absolute Gasteiger partial charge is 0.387 e. The molecule has 0 saturated heterocycles. The first kappa shape index (κ1) is 11.4. The van der Waals surface area contributed by atoms with Crippen LogP contribution in [-0.4, -0.2) is 29.4 Å². The maximum Gasteiger partial charge on any atom is 0.131 e. The number of aromatic nitrogens is 2. The Kier molecular flexibility index (Phi) is 3.60. The van der Waals surface area contributed by atoms with Crippen molar-refractivity contribution < 1.29 is 0 Å². The predicted molar refractivity (Wildman–Crippen MR) is 61.1 cm³/mol. The third-order valence-corrected chi connectivity index (χ3v) is 2.26. The standard InChI is InChI=1S/C10H17N5/c1-7(10(11)12)5-15(3)9-4-8(2)13-6-14-9/h4,6-7H,5H2,1-3H3,(H3,11,12). The topological polar surface area (TPSA) is 78.9 Å². The lowest BCUT2D eigenvalue weighted by Crippen LogP contribution is -2.32. The number of nitrogens with two attached hydrogens (primary N) is 1. The van der Waals surface area contributed by atoms with Crippen LogP contribution in [0.4, 0.5) is 5.82 Å². The lowest BCUT2D eigenvalue weighted by atomic mass is 10.1. The van der Waals surface area contributed by atoms with Gasteiger partial charge in [-0.15, -0.1) is 0 Å². The second-order valence-corrected chi connectivity index (χ2v) is 3.75. The van der Waals surface area contributed by atoms with Crippen LogP contribution in [0.2, 0.25) is 0 Å². The summed E-state index contributed by atoms with van der Waals surface area (Å²) in [5.41, 5.74) is 6.35. The van der Waals surface area contributed by atoms with Crippen molar-refractivity contribution in [3.63, 3.8) is 0 Å². The van der Waals surface area contributed by atoms with Gasteiger partial charge in [-0.05, 0) is 6.92 Å². The summed E-state index contributed by atoms with van der Waals surface area (Å²) in [6.07, 6.45) is 1.54. The third-order valence-electron chi connectivity index (χ3n) is 2.26. The van der Waals surface area contributed by atoms with Crippen molar-refractivity contribution in [1.82, 2.24) is 9.97 Å². The Morgan fingerprint density at radius 3 is 2.80 bits per heavy atom. The summed E-state index contributed by atoms with van der Waals surface area (Å²) in [5.74, 6) is 1.09. The monoisotopic (exact) mass is 207 g/mol. The zero-order chi connectivity index (χ0) is 11.4. The van der Waals surface area contributed by atoms with Gasteiger partial charge in [0.1, 0.15) is 12.1 Å². The molecule has 0 aliphatic carbocycles. The molecule has 1 heterocycles. The predicted octanol–water partition coefficient (Wildman–Crippen LogP) is 0.793. The van der Waals surface area contributed by atoms with Crippen molar-refractivity contribution in [2.75, 3.05) is 18.5 Å². The van der Waals surface area contributed by atoms with Gasteiger partial charge in [0.2, 0.25) is 0 Å². The molecule has 0 spiro atoms. The number of hydrogen-bond donors (Lipinski definition) is 2. The van der Waals surface area contributed by atoms with Crippen LogP contribution in [-0.2, 0) is 0 Å². The van der Waals surface area contributed by atoms with E-state index >= 15 is 0 Å². The number of nitrogens with zero attached hydrogens (tertiary/aromatic N) is 3. The first-order chi connectivity index (χ1) is 7.00. The lowest BCUT2D eigenvalue weighted by molar-refractivity contribution is 0.721. The molecule has 3 N–H and O–H groups in total. The van der Waals surface area contributed by atoms with Gasteiger partial charge in [0.05, 0.1) is 5.84 Å². The van der Waals surface area contributed by atoms with E-state index in [2.05, 4.69) is 9.97 Å². The third kappa shape index (κ3) is 3.19. The average molecular weight is 207 g/mol. The van der Waals surface area contributed by atoms with Crippen LogP contribution in [0.1, 0.15) is 12.6 Å². The van der Waals surface area contributed by atoms with Crippen LogP contribution in [0.5, 0.6) is 0 Å². The number of anilines is 1. The molecule has 1 atom stereocenters. The van der Waals surface area contributed by atoms with E-state index in [1.807, 2.05) is 31.9 Å². The average Bonchev–Trinajstić information content (AvgIpc) is 2.17. The molecule has 1 rings (SSSR count). The van der Waals surface area contributed by atoms with Gasteiger partial charge < -0.3 is 10.6 Å². The Morgan fingerprint density at radius 1 is 1.60 bits per heavy atom. The van der Waals surface area contributed by atoms with Crippen LogP contribution in [0, 0.1) is 18.3 Å². The van der Waals surface area contributed by atoms with Gasteiger partial charge in [0.25, 0.3) is 0 Å². The minimum Gasteiger partial charge on any atom is -0.387 e. The quantitative estimate of drug-likeness (QED) is 0.565. The van der Waals surface area contributed by atoms with Gasteiger partial charge in [-0.25, -0.2) is 9.97 Å². The summed E-state index contributed by atoms with van der Waals surface area (Å²) < 4.78 is 0. The summed E-state index contributed by atoms with van der Waals surface area (Å²) in [5, 5.41) is 7.32. The molecule has 1 aromatic rings. The van der Waals surface area contributed by atoms with E-state index in [1.54, 1.807) is 6.33 Å². The van der Waals surface area contributed by atoms with Gasteiger partial charge in [0.15, 0.2) is 0 Å². The molecule has 0 aliphatic rings. The van der Waals surface area contributed by atoms with Gasteiger partial charge in [-0.3, -0.25) is 5.41 Å². The normalized spacial score (nSPS) is 12.2. The van der Waals surface area contributed by atoms with Crippen LogP contribution in [0.3, 0.4) is 0 Å². The van der Waals surface area contributed by atoms with E-state index in [4.69, 9.17) is 11.1 Å². The Morgan fingerprint density at radius 2 is 2.27 bits per heavy atom. The van der Waals surface area contributed by atoms with Crippen LogP contribution in [0.15, 0.2) is 12.4 Å². The first-order valence-corrected chi connectivity index (χ1v) is 4.84. The maximum atomic E-state index is 7.32. The molecular formula is C10H17N5. The number of nitrogens with one attached hydrogen (secondary N) is 1. The number of amidine groups is 1. The molecule has 1 aromatic heterocycles. The molecule has 0 fully saturated rings. The number of rotatable bonds is 4. The van der Waals surface area contributed by atoms with Crippen molar-refractivity contribution in [3.8, 4) is 0 Å². The fourth-order valence-corrected chi connectivity index (χ4v) is 1.25. The van der Waals surface area contributed by atoms with Gasteiger partial charge in [-0.1, -0.05) is 6.92 Å². The van der Waals surface area contributed by atoms with E-state index in [1.165, 1.54) is 0 Å². The van der Waals surface area contributed by atoms with E-state index in [0.717, 1.165) is 11.5 Å². The van der Waals surface area contributed by atoms with E-state index < -0.39 is 0 Å². The summed E-state index contributed by atoms with van der Waals surface area (Å²) in [6.45, 7) is 4.53. The molecule has 0 bridgehead atoms. The fraction of sp³-hybridized carbons (Fsp3) is 0.500. The van der Waals surface area contributed by atoms with Crippen LogP contribution >= 0.6 is 0 Å². The molecule has 1 unspecified atom stereocenters. The summed E-state index contributed by atoms with van der Waals surface area (Å²) >= 11 is 0. The Hall–Kier alpha value is -1.65. The SMILES string of the molecule is Cc1cc(N(C)CC(C)C(=N)N)ncn1. The van der Waals surface area contributed by atoms with Crippen molar-refractivity contribution in [1.29, 1.82) is 5.41 Å². The molecule has 0 amide bonds. The van der Waals surface area contributed by atoms with Crippen molar-refractivity contribution >= 4 is 11.7 Å². The Labute approximate surface area is 89.8 Å². The van der Waals surface area contributed by atoms with Crippen molar-refractivity contribution in [3.05, 3.63) is 18.1 Å². The molecule has 5 nitrogen and oxygen atoms in total. The first-order valence-electron chi connectivity index (χ1n) is 4.84. The molecular weight excluding hydrogens is 190 g/mol. The molecule has 82 valence electrons. The van der Waals surface area contributed by atoms with Crippen molar-refractivity contribution in [2.24, 2.45) is 11.7 Å². The summed E-state index contributed by atoms with van der Waals surface area (Å²) in [4.78, 5) is 10.2. The van der Waals surface area contributed by atoms with Gasteiger partial charge >= 0.3 is 0 Å². The molecule has 0 aromatic carbocycles. The Bertz CT molecular complexity index is 349. The number of hydrogen-bond acceptors (Lipinski definition) is 4. The molecule has 0 aliphatic heterocycles. The molecule has 15 heavy (non-hydrogen) atoms. The minimum absolute atomic E-state index is 0.0327. The van der Waals surface area contributed by atoms with E-state index in [9.17, 15) is 0 Å². The zero-order valence-corrected chi connectivity index (χ0v) is 9.36. The molecule has 0 saturated carbocycles. The molecule has 5 heteroatoms. The van der Waals surface area contributed by atoms with Crippen LogP contribution in [0.25, 0.3) is 0 Å². The summed E-state index contributed by atoms with van der Waals surface area (Å²) in [7, 11) is 1.93. The highest BCUT2D eigenvalue weighted by molar-refractivity contribution is 5.79. The zero-order valence-electron chi connectivity index (χ0n) is 9.36. The highest BCUT2D eigenvalue weighted by Gasteiger charge is 2.10. The lowest BCUT2D eigenvalue weighted by Gasteiger charge is -2.21. The smallest absolute Gasteiger partial charge is 0.131 e. The second-order valence-electron chi connectivity index (χ2n) is 3.75. The van der Waals surface area contributed by atoms with E-state index in [-0.39, 0.29) is 11.8 Å². The van der Waals surface area contributed by atoms with Crippen LogP contribution < -0.4 is 10.6 Å². The van der Waals surface area contributed by atoms with E-state index in [0.29, 0.717) is 6.54 Å². The molecule has 0 radical (unpaired) electrons. The second kappa shape index (κ2) is 4.72. The fourth-order valence-electron chi connectivity index (χ4n) is 1.25. The van der Waals surface area contributed by atoms with Crippen molar-refractivity contribution in [2.45, 2.75) is 13.8 Å². The maximum absolute atomic E-state index is 7.32. The number of aryl methyl sites for hydroxylation is 1. The highest BCUT2D eigenvalue weighted by atomic mass is 15.2. The highest BCUT2D eigenvalue weighted by Crippen LogP contribution is 2.10. The minimum atomic E-state index is 0.0327. The van der Waals surface area contributed by atoms with Gasteiger partial charge in [0, 0.05) is 31.3 Å². The Balaban J connectivity index is 2.68. The summed E-state index contributed by atoms with van der Waals surface area (Å²) in [6, 6.07) is 1.91. The van der Waals surface area contributed by atoms with Gasteiger partial charge in [-0.2, -0.15) is 0 Å².